The Kier molecular flexibility index (Phi) is 21.2. The van der Waals surface area contributed by atoms with E-state index in [1.807, 2.05) is 66.2 Å². The van der Waals surface area contributed by atoms with Crippen LogP contribution in [0.1, 0.15) is 90.0 Å². The molecule has 294 valence electrons. The van der Waals surface area contributed by atoms with Gasteiger partial charge in [-0.15, -0.1) is 0 Å². The second-order valence-electron chi connectivity index (χ2n) is 13.0. The van der Waals surface area contributed by atoms with Crippen molar-refractivity contribution in [2.75, 3.05) is 27.9 Å². The van der Waals surface area contributed by atoms with Gasteiger partial charge >= 0.3 is 5.97 Å². The van der Waals surface area contributed by atoms with Gasteiger partial charge in [-0.2, -0.15) is 0 Å². The van der Waals surface area contributed by atoms with E-state index in [2.05, 4.69) is 13.5 Å². The van der Waals surface area contributed by atoms with E-state index in [1.54, 1.807) is 29.9 Å². The first kappa shape index (κ1) is 48.4. The molecule has 2 aliphatic rings. The van der Waals surface area contributed by atoms with Crippen LogP contribution >= 0.6 is 0 Å². The third kappa shape index (κ3) is 12.2. The molecule has 53 heavy (non-hydrogen) atoms. The van der Waals surface area contributed by atoms with Gasteiger partial charge in [0.05, 0.1) is 47.1 Å². The van der Waals surface area contributed by atoms with Crippen LogP contribution in [0, 0.1) is 0 Å². The lowest BCUT2D eigenvalue weighted by Gasteiger charge is -2.30. The van der Waals surface area contributed by atoms with E-state index in [0.717, 1.165) is 72.2 Å². The monoisotopic (exact) mass is 741 g/mol. The SMILES string of the molecule is C=C(C=O)C(C)N(CC=O)C(C)C.C=O.CCc1c2c(nc3ccc(O)cc13)-c1cc3c(c(=O)n1C2)COC(=O)C3CC.CO.CO.COC(C)(C)C. The lowest BCUT2D eigenvalue weighted by atomic mass is 9.90. The van der Waals surface area contributed by atoms with Crippen molar-refractivity contribution < 1.29 is 44.0 Å². The van der Waals surface area contributed by atoms with Crippen LogP contribution in [0.2, 0.25) is 0 Å². The molecule has 0 saturated heterocycles. The highest BCUT2D eigenvalue weighted by molar-refractivity contribution is 5.89. The minimum atomic E-state index is -0.408. The number of aliphatic hydroxyl groups excluding tert-OH is 2. The van der Waals surface area contributed by atoms with E-state index in [1.165, 1.54) is 0 Å². The number of benzene rings is 1. The van der Waals surface area contributed by atoms with Gasteiger partial charge in [-0.1, -0.05) is 20.4 Å². The number of ether oxygens (including phenoxy) is 2. The molecule has 3 N–H and O–H groups in total. The molecule has 2 atom stereocenters. The van der Waals surface area contributed by atoms with Crippen molar-refractivity contribution in [1.29, 1.82) is 0 Å². The normalized spacial score (nSPS) is 13.9. The number of esters is 1. The van der Waals surface area contributed by atoms with Crippen molar-refractivity contribution in [2.45, 2.75) is 105 Å². The van der Waals surface area contributed by atoms with Crippen LogP contribution in [-0.4, -0.2) is 101 Å². The van der Waals surface area contributed by atoms with E-state index >= 15 is 0 Å². The molecular weight excluding hydrogens is 682 g/mol. The van der Waals surface area contributed by atoms with Crippen molar-refractivity contribution >= 4 is 36.2 Å². The summed E-state index contributed by atoms with van der Waals surface area (Å²) in [6.07, 6.45) is 2.94. The number of carbonyl (C=O) groups excluding carboxylic acids is 4. The van der Waals surface area contributed by atoms with Gasteiger partial charge < -0.3 is 38.9 Å². The molecule has 5 rings (SSSR count). The van der Waals surface area contributed by atoms with Crippen molar-refractivity contribution in [3.8, 4) is 17.1 Å². The molecule has 0 bridgehead atoms. The Morgan fingerprint density at radius 1 is 1.08 bits per heavy atom. The first-order valence-electron chi connectivity index (χ1n) is 17.3. The van der Waals surface area contributed by atoms with E-state index in [4.69, 9.17) is 29.5 Å². The topological polar surface area (TPSA) is 186 Å². The Bertz CT molecular complexity index is 1730. The number of rotatable bonds is 8. The molecule has 0 aliphatic carbocycles. The predicted molar refractivity (Wildman–Crippen MR) is 207 cm³/mol. The third-order valence-corrected chi connectivity index (χ3v) is 8.71. The largest absolute Gasteiger partial charge is 0.508 e. The summed E-state index contributed by atoms with van der Waals surface area (Å²) >= 11 is 0. The summed E-state index contributed by atoms with van der Waals surface area (Å²) in [5.41, 5.74) is 6.24. The van der Waals surface area contributed by atoms with Crippen molar-refractivity contribution in [3.63, 3.8) is 0 Å². The fourth-order valence-electron chi connectivity index (χ4n) is 5.79. The molecule has 1 aromatic carbocycles. The van der Waals surface area contributed by atoms with Crippen LogP contribution in [0.3, 0.4) is 0 Å². The number of aliphatic hydroxyl groups is 2. The summed E-state index contributed by atoms with van der Waals surface area (Å²) in [7, 11) is 3.71. The van der Waals surface area contributed by atoms with Crippen molar-refractivity contribution in [2.24, 2.45) is 0 Å². The summed E-state index contributed by atoms with van der Waals surface area (Å²) < 4.78 is 11.9. The van der Waals surface area contributed by atoms with Gasteiger partial charge in [-0.25, -0.2) is 4.98 Å². The number of phenols is 1. The molecule has 13 nitrogen and oxygen atoms in total. The van der Waals surface area contributed by atoms with Crippen LogP contribution in [-0.2, 0) is 48.2 Å². The minimum Gasteiger partial charge on any atom is -0.508 e. The average Bonchev–Trinajstić information content (AvgIpc) is 3.53. The number of pyridine rings is 2. The molecule has 13 heteroatoms. The van der Waals surface area contributed by atoms with Crippen LogP contribution in [0.15, 0.2) is 41.2 Å². The number of fused-ring (bicyclic) bond motifs is 5. The Labute approximate surface area is 313 Å². The van der Waals surface area contributed by atoms with E-state index < -0.39 is 5.92 Å². The number of aromatic nitrogens is 2. The summed E-state index contributed by atoms with van der Waals surface area (Å²) in [4.78, 5) is 61.0. The van der Waals surface area contributed by atoms with Crippen molar-refractivity contribution in [3.05, 3.63) is 69.0 Å². The van der Waals surface area contributed by atoms with Gasteiger partial charge in [0.15, 0.2) is 0 Å². The molecule has 4 heterocycles. The number of carbonyl (C=O) groups is 4. The Balaban J connectivity index is 0.000000908. The van der Waals surface area contributed by atoms with Gasteiger partial charge in [-0.3, -0.25) is 19.3 Å². The van der Waals surface area contributed by atoms with Gasteiger partial charge in [-0.05, 0) is 89.8 Å². The fourth-order valence-corrected chi connectivity index (χ4v) is 5.79. The first-order chi connectivity index (χ1) is 25.1. The first-order valence-corrected chi connectivity index (χ1v) is 17.3. The zero-order valence-electron chi connectivity index (χ0n) is 33.2. The summed E-state index contributed by atoms with van der Waals surface area (Å²) in [6.45, 7) is 22.3. The molecule has 3 aromatic rings. The van der Waals surface area contributed by atoms with E-state index in [0.29, 0.717) is 30.6 Å². The molecule has 0 amide bonds. The van der Waals surface area contributed by atoms with Crippen LogP contribution in [0.4, 0.5) is 0 Å². The number of aryl methyl sites for hydroxylation is 1. The third-order valence-electron chi connectivity index (χ3n) is 8.71. The highest BCUT2D eigenvalue weighted by Crippen LogP contribution is 2.39. The molecule has 0 saturated carbocycles. The second kappa shape index (κ2) is 23.2. The molecule has 2 aliphatic heterocycles. The second-order valence-corrected chi connectivity index (χ2v) is 13.0. The number of cyclic esters (lactones) is 1. The fraction of sp³-hybridized carbons (Fsp3) is 0.500. The Hall–Kier alpha value is -4.56. The highest BCUT2D eigenvalue weighted by atomic mass is 16.5. The zero-order valence-corrected chi connectivity index (χ0v) is 33.2. The lowest BCUT2D eigenvalue weighted by Crippen LogP contribution is -2.41. The maximum absolute atomic E-state index is 13.2. The standard InChI is InChI=1S/C22H20N2O4.C10H17NO2.C5H12O.2CH4O.CH2O/c1-3-12-15-7-11(25)5-6-18(15)23-20-16(12)9-24-19(20)8-14-13(4-2)22(27)28-10-17(14)21(24)26;1-8(2)11(5-6-12)10(4)9(3)7-13;1-5(2,3)6-4;3*1-2/h5-8,13,25H,3-4,9-10H2,1-2H3;6-8,10H,3,5H2,1-2,4H3;1-4H3;2*2H,1H3;1H2. The average molecular weight is 742 g/mol. The number of hydrogen-bond donors (Lipinski definition) is 3. The summed E-state index contributed by atoms with van der Waals surface area (Å²) in [5, 5.41) is 24.8. The molecule has 2 aromatic heterocycles. The van der Waals surface area contributed by atoms with Crippen LogP contribution < -0.4 is 5.56 Å². The maximum atomic E-state index is 13.2. The van der Waals surface area contributed by atoms with E-state index in [9.17, 15) is 24.3 Å². The van der Waals surface area contributed by atoms with Gasteiger partial charge in [0, 0.05) is 49.9 Å². The van der Waals surface area contributed by atoms with Gasteiger partial charge in [0.25, 0.3) is 5.56 Å². The number of aldehydes is 2. The zero-order chi connectivity index (χ0) is 41.2. The maximum Gasteiger partial charge on any atom is 0.313 e. The molecule has 0 spiro atoms. The smallest absolute Gasteiger partial charge is 0.313 e. The van der Waals surface area contributed by atoms with Gasteiger partial charge in [0.2, 0.25) is 0 Å². The summed E-state index contributed by atoms with van der Waals surface area (Å²) in [6, 6.07) is 7.28. The highest BCUT2D eigenvalue weighted by Gasteiger charge is 2.34. The predicted octanol–water partition coefficient (Wildman–Crippen LogP) is 4.75. The molecule has 0 fully saturated rings. The number of nitrogens with zero attached hydrogens (tertiary/aromatic N) is 3. The Morgan fingerprint density at radius 3 is 2.13 bits per heavy atom. The van der Waals surface area contributed by atoms with E-state index in [-0.39, 0.29) is 41.6 Å². The molecule has 0 radical (unpaired) electrons. The number of aromatic hydroxyl groups is 1. The number of hydrogen-bond acceptors (Lipinski definition) is 12. The number of methoxy groups -OCH3 is 1. The number of phenolic OH excluding ortho intramolecular Hbond substituents is 1. The van der Waals surface area contributed by atoms with Crippen LogP contribution in [0.5, 0.6) is 5.75 Å². The lowest BCUT2D eigenvalue weighted by molar-refractivity contribution is -0.148. The minimum absolute atomic E-state index is 0.0318. The van der Waals surface area contributed by atoms with Gasteiger partial charge in [0.1, 0.15) is 31.7 Å². The molecular formula is C40H59N3O10. The van der Waals surface area contributed by atoms with Crippen molar-refractivity contribution in [1.82, 2.24) is 14.5 Å². The molecule has 2 unspecified atom stereocenters. The Morgan fingerprint density at radius 2 is 1.66 bits per heavy atom. The quantitative estimate of drug-likeness (QED) is 0.128. The summed E-state index contributed by atoms with van der Waals surface area (Å²) in [5.74, 6) is -0.475. The van der Waals surface area contributed by atoms with Crippen LogP contribution in [0.25, 0.3) is 22.3 Å².